The highest BCUT2D eigenvalue weighted by molar-refractivity contribution is 5.71. The number of carbonyl (C=O) groups excluding carboxylic acids is 3. The largest absolute Gasteiger partial charge is 0.462 e. The van der Waals surface area contributed by atoms with Gasteiger partial charge in [-0.3, -0.25) is 14.4 Å². The van der Waals surface area contributed by atoms with Crippen LogP contribution >= 0.6 is 0 Å². The van der Waals surface area contributed by atoms with Crippen LogP contribution in [0.1, 0.15) is 259 Å². The molecule has 6 nitrogen and oxygen atoms in total. The maximum absolute atomic E-state index is 12.7. The molecule has 320 valence electrons. The summed E-state index contributed by atoms with van der Waals surface area (Å²) >= 11 is 0. The van der Waals surface area contributed by atoms with Gasteiger partial charge in [0.2, 0.25) is 0 Å². The SMILES string of the molecule is CCCCCCCCCC(=O)OC[C@@H](COC(=O)CCCCCCCCCCCCCCCCC(C)CC)OC(=O)CCCCCCCCCCC(C)C. The lowest BCUT2D eigenvalue weighted by Crippen LogP contribution is -2.30. The smallest absolute Gasteiger partial charge is 0.306 e. The highest BCUT2D eigenvalue weighted by Crippen LogP contribution is 2.17. The van der Waals surface area contributed by atoms with E-state index >= 15 is 0 Å². The molecule has 0 N–H and O–H groups in total. The van der Waals surface area contributed by atoms with Crippen LogP contribution in [0.5, 0.6) is 0 Å². The molecule has 0 fully saturated rings. The molecule has 0 saturated heterocycles. The first-order chi connectivity index (χ1) is 26.3. The lowest BCUT2D eigenvalue weighted by atomic mass is 9.99. The van der Waals surface area contributed by atoms with Gasteiger partial charge >= 0.3 is 17.9 Å². The Morgan fingerprint density at radius 3 is 1.06 bits per heavy atom. The molecule has 0 aliphatic heterocycles. The molecule has 0 amide bonds. The molecule has 0 bridgehead atoms. The second kappa shape index (κ2) is 41.1. The quantitative estimate of drug-likeness (QED) is 0.0350. The van der Waals surface area contributed by atoms with Crippen molar-refractivity contribution in [2.45, 2.75) is 265 Å². The molecular weight excluding hydrogens is 673 g/mol. The molecule has 0 radical (unpaired) electrons. The molecule has 0 aliphatic carbocycles. The van der Waals surface area contributed by atoms with E-state index in [1.54, 1.807) is 0 Å². The maximum atomic E-state index is 12.7. The number of ether oxygens (including phenoxy) is 3. The highest BCUT2D eigenvalue weighted by atomic mass is 16.6. The first-order valence-electron chi connectivity index (χ1n) is 23.8. The molecule has 0 spiro atoms. The van der Waals surface area contributed by atoms with Gasteiger partial charge in [0.05, 0.1) is 0 Å². The fraction of sp³-hybridized carbons (Fsp3) is 0.938. The summed E-state index contributed by atoms with van der Waals surface area (Å²) in [6.07, 6.45) is 39.6. The van der Waals surface area contributed by atoms with Crippen molar-refractivity contribution in [3.8, 4) is 0 Å². The van der Waals surface area contributed by atoms with Gasteiger partial charge in [0.1, 0.15) is 13.2 Å². The zero-order valence-electron chi connectivity index (χ0n) is 36.8. The third-order valence-corrected chi connectivity index (χ3v) is 11.1. The zero-order chi connectivity index (χ0) is 39.7. The monoisotopic (exact) mass is 765 g/mol. The number of esters is 3. The van der Waals surface area contributed by atoms with Crippen molar-refractivity contribution in [2.75, 3.05) is 13.2 Å². The number of carbonyl (C=O) groups is 3. The van der Waals surface area contributed by atoms with E-state index in [1.807, 2.05) is 0 Å². The average Bonchev–Trinajstić information content (AvgIpc) is 3.15. The summed E-state index contributed by atoms with van der Waals surface area (Å²) in [5.41, 5.74) is 0. The standard InChI is InChI=1S/C48H92O6/c1-6-8-9-10-21-28-33-38-46(49)52-41-45(54-48(51)40-35-30-25-20-19-22-26-31-36-43(3)4)42-53-47(50)39-34-29-24-18-16-14-12-11-13-15-17-23-27-32-37-44(5)7-2/h43-45H,6-42H2,1-5H3/t44?,45-/m0/s1. The van der Waals surface area contributed by atoms with Crippen LogP contribution in [0.25, 0.3) is 0 Å². The van der Waals surface area contributed by atoms with Gasteiger partial charge in [0, 0.05) is 19.3 Å². The summed E-state index contributed by atoms with van der Waals surface area (Å²) in [4.78, 5) is 37.6. The van der Waals surface area contributed by atoms with Crippen molar-refractivity contribution in [2.24, 2.45) is 11.8 Å². The van der Waals surface area contributed by atoms with Crippen LogP contribution in [0.2, 0.25) is 0 Å². The third-order valence-electron chi connectivity index (χ3n) is 11.1. The van der Waals surface area contributed by atoms with Crippen LogP contribution in [-0.2, 0) is 28.6 Å². The van der Waals surface area contributed by atoms with E-state index in [1.165, 1.54) is 148 Å². The summed E-state index contributed by atoms with van der Waals surface area (Å²) < 4.78 is 16.7. The summed E-state index contributed by atoms with van der Waals surface area (Å²) in [5.74, 6) is 0.826. The Morgan fingerprint density at radius 1 is 0.389 bits per heavy atom. The molecular formula is C48H92O6. The molecule has 6 heteroatoms. The molecule has 0 aromatic rings. The minimum Gasteiger partial charge on any atom is -0.462 e. The van der Waals surface area contributed by atoms with E-state index in [0.717, 1.165) is 69.6 Å². The van der Waals surface area contributed by atoms with Crippen LogP contribution in [0.15, 0.2) is 0 Å². The van der Waals surface area contributed by atoms with Crippen molar-refractivity contribution in [1.82, 2.24) is 0 Å². The molecule has 0 saturated carbocycles. The number of unbranched alkanes of at least 4 members (excludes halogenated alkanes) is 26. The molecule has 0 aromatic carbocycles. The zero-order valence-corrected chi connectivity index (χ0v) is 36.8. The van der Waals surface area contributed by atoms with Gasteiger partial charge in [-0.05, 0) is 31.1 Å². The second-order valence-corrected chi connectivity index (χ2v) is 17.1. The lowest BCUT2D eigenvalue weighted by Gasteiger charge is -2.18. The van der Waals surface area contributed by atoms with Gasteiger partial charge < -0.3 is 14.2 Å². The van der Waals surface area contributed by atoms with E-state index in [4.69, 9.17) is 14.2 Å². The van der Waals surface area contributed by atoms with Crippen molar-refractivity contribution >= 4 is 17.9 Å². The van der Waals surface area contributed by atoms with Crippen LogP contribution in [0, 0.1) is 11.8 Å². The Labute approximate surface area is 336 Å². The topological polar surface area (TPSA) is 78.9 Å². The molecule has 0 heterocycles. The van der Waals surface area contributed by atoms with Crippen molar-refractivity contribution in [3.63, 3.8) is 0 Å². The minimum absolute atomic E-state index is 0.0652. The average molecular weight is 765 g/mol. The van der Waals surface area contributed by atoms with Crippen LogP contribution in [-0.4, -0.2) is 37.2 Å². The van der Waals surface area contributed by atoms with Crippen molar-refractivity contribution in [3.05, 3.63) is 0 Å². The Balaban J connectivity index is 4.20. The van der Waals surface area contributed by atoms with Crippen LogP contribution < -0.4 is 0 Å². The van der Waals surface area contributed by atoms with E-state index in [-0.39, 0.29) is 31.1 Å². The Hall–Kier alpha value is -1.59. The fourth-order valence-corrected chi connectivity index (χ4v) is 7.07. The Bertz CT molecular complexity index is 826. The van der Waals surface area contributed by atoms with Gasteiger partial charge in [0.25, 0.3) is 0 Å². The normalized spacial score (nSPS) is 12.6. The number of hydrogen-bond acceptors (Lipinski definition) is 6. The first-order valence-corrected chi connectivity index (χ1v) is 23.8. The maximum Gasteiger partial charge on any atom is 0.306 e. The second-order valence-electron chi connectivity index (χ2n) is 17.1. The predicted molar refractivity (Wildman–Crippen MR) is 229 cm³/mol. The predicted octanol–water partition coefficient (Wildman–Crippen LogP) is 15.0. The summed E-state index contributed by atoms with van der Waals surface area (Å²) in [5, 5.41) is 0. The molecule has 0 rings (SSSR count). The van der Waals surface area contributed by atoms with Gasteiger partial charge in [-0.25, -0.2) is 0 Å². The van der Waals surface area contributed by atoms with E-state index in [0.29, 0.717) is 19.3 Å². The number of hydrogen-bond donors (Lipinski definition) is 0. The van der Waals surface area contributed by atoms with Gasteiger partial charge in [-0.15, -0.1) is 0 Å². The lowest BCUT2D eigenvalue weighted by molar-refractivity contribution is -0.167. The van der Waals surface area contributed by atoms with Crippen molar-refractivity contribution in [1.29, 1.82) is 0 Å². The van der Waals surface area contributed by atoms with E-state index in [2.05, 4.69) is 34.6 Å². The number of rotatable bonds is 42. The van der Waals surface area contributed by atoms with E-state index in [9.17, 15) is 14.4 Å². The third kappa shape index (κ3) is 40.1. The van der Waals surface area contributed by atoms with Gasteiger partial charge in [-0.1, -0.05) is 221 Å². The van der Waals surface area contributed by atoms with Gasteiger partial charge in [0.15, 0.2) is 6.10 Å². The fourth-order valence-electron chi connectivity index (χ4n) is 7.07. The van der Waals surface area contributed by atoms with Gasteiger partial charge in [-0.2, -0.15) is 0 Å². The first kappa shape index (κ1) is 52.4. The molecule has 0 aromatic heterocycles. The molecule has 0 aliphatic rings. The van der Waals surface area contributed by atoms with Crippen molar-refractivity contribution < 1.29 is 28.6 Å². The Kier molecular flexibility index (Phi) is 39.8. The summed E-state index contributed by atoms with van der Waals surface area (Å²) in [7, 11) is 0. The molecule has 2 atom stereocenters. The highest BCUT2D eigenvalue weighted by Gasteiger charge is 2.19. The van der Waals surface area contributed by atoms with Crippen LogP contribution in [0.3, 0.4) is 0 Å². The summed E-state index contributed by atoms with van der Waals surface area (Å²) in [6.45, 7) is 11.3. The van der Waals surface area contributed by atoms with Crippen LogP contribution in [0.4, 0.5) is 0 Å². The van der Waals surface area contributed by atoms with E-state index < -0.39 is 6.10 Å². The molecule has 1 unspecified atom stereocenters. The summed E-state index contributed by atoms with van der Waals surface area (Å²) in [6, 6.07) is 0. The molecule has 54 heavy (non-hydrogen) atoms. The minimum atomic E-state index is -0.759. The Morgan fingerprint density at radius 2 is 0.704 bits per heavy atom.